The Hall–Kier alpha value is -3.34. The minimum absolute atomic E-state index is 0.317. The normalized spacial score (nSPS) is 13.5. The summed E-state index contributed by atoms with van der Waals surface area (Å²) in [5.41, 5.74) is 4.47. The van der Waals surface area contributed by atoms with Gasteiger partial charge in [-0.2, -0.15) is 0 Å². The number of carbonyl (C=O) groups excluding carboxylic acids is 1. The third-order valence-corrected chi connectivity index (χ3v) is 9.01. The monoisotopic (exact) mass is 597 g/mol. The number of hydrogen-bond acceptors (Lipinski definition) is 5. The lowest BCUT2D eigenvalue weighted by Crippen LogP contribution is -2.31. The Labute approximate surface area is 267 Å². The van der Waals surface area contributed by atoms with Crippen LogP contribution in [0.4, 0.5) is 11.4 Å². The summed E-state index contributed by atoms with van der Waals surface area (Å²) in [4.78, 5) is 23.1. The van der Waals surface area contributed by atoms with Crippen LogP contribution in [0.1, 0.15) is 132 Å². The van der Waals surface area contributed by atoms with Crippen LogP contribution >= 0.6 is 0 Å². The molecule has 0 atom stereocenters. The molecule has 3 aromatic rings. The maximum absolute atomic E-state index is 13.3. The first-order chi connectivity index (χ1) is 21.6. The molecule has 238 valence electrons. The van der Waals surface area contributed by atoms with Crippen molar-refractivity contribution in [1.82, 2.24) is 4.98 Å². The fraction of sp³-hybridized carbons (Fsp3) is 0.538. The van der Waals surface area contributed by atoms with Gasteiger partial charge in [-0.15, -0.1) is 0 Å². The molecule has 0 saturated carbocycles. The molecule has 0 bridgehead atoms. The number of ether oxygens (including phenoxy) is 1. The van der Waals surface area contributed by atoms with Crippen LogP contribution in [0.3, 0.4) is 0 Å². The Kier molecular flexibility index (Phi) is 13.1. The molecule has 0 radical (unpaired) electrons. The Morgan fingerprint density at radius 1 is 0.591 bits per heavy atom. The SMILES string of the molecule is CCCCCN(CCCCC)c1ccc(C2(c3ccc(N(CCCCC)CCCCC)cc3)OC(=O)c3cccnc32)cc1. The zero-order valence-electron chi connectivity index (χ0n) is 27.8. The van der Waals surface area contributed by atoms with Crippen molar-refractivity contribution >= 4 is 17.3 Å². The molecule has 0 unspecified atom stereocenters. The molecule has 0 fully saturated rings. The van der Waals surface area contributed by atoms with Gasteiger partial charge in [-0.25, -0.2) is 4.79 Å². The highest BCUT2D eigenvalue weighted by Crippen LogP contribution is 2.46. The maximum atomic E-state index is 13.3. The highest BCUT2D eigenvalue weighted by atomic mass is 16.6. The molecule has 0 amide bonds. The van der Waals surface area contributed by atoms with Gasteiger partial charge in [0.15, 0.2) is 0 Å². The zero-order valence-corrected chi connectivity index (χ0v) is 27.8. The number of carbonyl (C=O) groups is 1. The molecule has 44 heavy (non-hydrogen) atoms. The number of hydrogen-bond donors (Lipinski definition) is 0. The number of anilines is 2. The van der Waals surface area contributed by atoms with Crippen molar-refractivity contribution in [3.8, 4) is 0 Å². The first-order valence-corrected chi connectivity index (χ1v) is 17.5. The standard InChI is InChI=1S/C39H55N3O2/c1-5-9-13-28-41(29-14-10-6-2)34-23-19-32(20-24-34)39(37-36(38(43)44-39)18-17-27-40-37)33-21-25-35(26-22-33)42(30-15-11-7-3)31-16-12-8-4/h17-27H,5-16,28-31H2,1-4H3. The fourth-order valence-corrected chi connectivity index (χ4v) is 6.42. The van der Waals surface area contributed by atoms with E-state index < -0.39 is 5.60 Å². The minimum atomic E-state index is -1.07. The van der Waals surface area contributed by atoms with Crippen LogP contribution in [0.25, 0.3) is 0 Å². The summed E-state index contributed by atoms with van der Waals surface area (Å²) in [6.07, 6.45) is 16.4. The number of cyclic esters (lactones) is 1. The molecule has 1 aromatic heterocycles. The van der Waals surface area contributed by atoms with Gasteiger partial charge in [0, 0.05) is 54.9 Å². The van der Waals surface area contributed by atoms with Gasteiger partial charge in [-0.3, -0.25) is 4.98 Å². The van der Waals surface area contributed by atoms with E-state index in [9.17, 15) is 4.79 Å². The van der Waals surface area contributed by atoms with E-state index in [0.29, 0.717) is 11.3 Å². The van der Waals surface area contributed by atoms with E-state index in [4.69, 9.17) is 9.72 Å². The number of benzene rings is 2. The van der Waals surface area contributed by atoms with Crippen LogP contribution in [-0.2, 0) is 10.3 Å². The zero-order chi connectivity index (χ0) is 31.2. The summed E-state index contributed by atoms with van der Waals surface area (Å²) < 4.78 is 6.38. The summed E-state index contributed by atoms with van der Waals surface area (Å²) in [6, 6.07) is 21.1. The maximum Gasteiger partial charge on any atom is 0.341 e. The third-order valence-electron chi connectivity index (χ3n) is 9.01. The summed E-state index contributed by atoms with van der Waals surface area (Å²) in [7, 11) is 0. The summed E-state index contributed by atoms with van der Waals surface area (Å²) in [5.74, 6) is -0.317. The number of fused-ring (bicyclic) bond motifs is 1. The van der Waals surface area contributed by atoms with Crippen molar-refractivity contribution in [1.29, 1.82) is 0 Å². The van der Waals surface area contributed by atoms with E-state index in [1.807, 2.05) is 12.1 Å². The average Bonchev–Trinajstić information content (AvgIpc) is 3.37. The molecule has 0 spiro atoms. The van der Waals surface area contributed by atoms with Gasteiger partial charge in [-0.05, 0) is 62.1 Å². The summed E-state index contributed by atoms with van der Waals surface area (Å²) in [5, 5.41) is 0. The third kappa shape index (κ3) is 8.02. The average molecular weight is 598 g/mol. The first-order valence-electron chi connectivity index (χ1n) is 17.5. The first kappa shape index (κ1) is 33.6. The van der Waals surface area contributed by atoms with Crippen molar-refractivity contribution in [3.63, 3.8) is 0 Å². The van der Waals surface area contributed by atoms with Crippen LogP contribution in [0, 0.1) is 0 Å². The predicted molar refractivity (Wildman–Crippen MR) is 185 cm³/mol. The molecule has 4 rings (SSSR count). The Morgan fingerprint density at radius 3 is 1.39 bits per heavy atom. The van der Waals surface area contributed by atoms with Gasteiger partial charge >= 0.3 is 5.97 Å². The second-order valence-electron chi connectivity index (χ2n) is 12.4. The molecule has 2 heterocycles. The summed E-state index contributed by atoms with van der Waals surface area (Å²) in [6.45, 7) is 13.3. The van der Waals surface area contributed by atoms with Gasteiger partial charge in [-0.1, -0.05) is 103 Å². The molecular formula is C39H55N3O2. The smallest absolute Gasteiger partial charge is 0.341 e. The van der Waals surface area contributed by atoms with E-state index in [-0.39, 0.29) is 5.97 Å². The number of esters is 1. The van der Waals surface area contributed by atoms with Gasteiger partial charge in [0.05, 0.1) is 5.56 Å². The van der Waals surface area contributed by atoms with E-state index in [1.165, 1.54) is 88.4 Å². The Bertz CT molecular complexity index is 1180. The lowest BCUT2D eigenvalue weighted by atomic mass is 9.82. The van der Waals surface area contributed by atoms with Crippen molar-refractivity contribution in [3.05, 3.63) is 89.2 Å². The highest BCUT2D eigenvalue weighted by Gasteiger charge is 2.50. The summed E-state index contributed by atoms with van der Waals surface area (Å²) >= 11 is 0. The van der Waals surface area contributed by atoms with E-state index >= 15 is 0 Å². The molecule has 0 aliphatic carbocycles. The van der Waals surface area contributed by atoms with Crippen molar-refractivity contribution < 1.29 is 9.53 Å². The largest absolute Gasteiger partial charge is 0.439 e. The van der Waals surface area contributed by atoms with Crippen LogP contribution < -0.4 is 9.80 Å². The minimum Gasteiger partial charge on any atom is -0.439 e. The van der Waals surface area contributed by atoms with Gasteiger partial charge in [0.2, 0.25) is 5.60 Å². The van der Waals surface area contributed by atoms with Gasteiger partial charge < -0.3 is 14.5 Å². The second-order valence-corrected chi connectivity index (χ2v) is 12.4. The lowest BCUT2D eigenvalue weighted by molar-refractivity contribution is 0.0243. The van der Waals surface area contributed by atoms with Crippen LogP contribution in [0.5, 0.6) is 0 Å². The van der Waals surface area contributed by atoms with Crippen LogP contribution in [0.2, 0.25) is 0 Å². The molecule has 1 aliphatic rings. The quantitative estimate of drug-likeness (QED) is 0.0958. The van der Waals surface area contributed by atoms with Crippen molar-refractivity contribution in [2.45, 2.75) is 110 Å². The predicted octanol–water partition coefficient (Wildman–Crippen LogP) is 9.92. The number of rotatable bonds is 20. The number of pyridine rings is 1. The van der Waals surface area contributed by atoms with Crippen LogP contribution in [0.15, 0.2) is 66.9 Å². The molecule has 2 aromatic carbocycles. The molecule has 5 nitrogen and oxygen atoms in total. The molecule has 0 N–H and O–H groups in total. The number of nitrogens with zero attached hydrogens (tertiary/aromatic N) is 3. The van der Waals surface area contributed by atoms with Crippen LogP contribution in [-0.4, -0.2) is 37.1 Å². The second kappa shape index (κ2) is 17.2. The molecule has 5 heteroatoms. The van der Waals surface area contributed by atoms with E-state index in [0.717, 1.165) is 37.3 Å². The van der Waals surface area contributed by atoms with Crippen molar-refractivity contribution in [2.75, 3.05) is 36.0 Å². The number of aromatic nitrogens is 1. The number of unbranched alkanes of at least 4 members (excludes halogenated alkanes) is 8. The van der Waals surface area contributed by atoms with Crippen molar-refractivity contribution in [2.24, 2.45) is 0 Å². The van der Waals surface area contributed by atoms with Gasteiger partial charge in [0.25, 0.3) is 0 Å². The van der Waals surface area contributed by atoms with Gasteiger partial charge in [0.1, 0.15) is 5.69 Å². The fourth-order valence-electron chi connectivity index (χ4n) is 6.42. The highest BCUT2D eigenvalue weighted by molar-refractivity contribution is 5.95. The van der Waals surface area contributed by atoms with E-state index in [2.05, 4.69) is 86.0 Å². The van der Waals surface area contributed by atoms with E-state index in [1.54, 1.807) is 6.20 Å². The molecule has 1 aliphatic heterocycles. The molecule has 0 saturated heterocycles. The Morgan fingerprint density at radius 2 is 1.00 bits per heavy atom. The molecular weight excluding hydrogens is 542 g/mol. The lowest BCUT2D eigenvalue weighted by Gasteiger charge is -2.31. The topological polar surface area (TPSA) is 45.7 Å². The Balaban J connectivity index is 1.69.